The van der Waals surface area contributed by atoms with Gasteiger partial charge in [0, 0.05) is 0 Å². The van der Waals surface area contributed by atoms with Crippen LogP contribution in [0.15, 0.2) is 82.5 Å². The van der Waals surface area contributed by atoms with Gasteiger partial charge in [0.15, 0.2) is 16.5 Å². The Hall–Kier alpha value is -3.69. The third-order valence-electron chi connectivity index (χ3n) is 4.86. The Morgan fingerprint density at radius 1 is 0.969 bits per heavy atom. The van der Waals surface area contributed by atoms with Crippen LogP contribution >= 0.6 is 11.3 Å². The topological polar surface area (TPSA) is 87.0 Å². The van der Waals surface area contributed by atoms with E-state index in [-0.39, 0.29) is 22.0 Å². The van der Waals surface area contributed by atoms with E-state index in [1.54, 1.807) is 40.8 Å². The molecule has 160 valence electrons. The van der Waals surface area contributed by atoms with Gasteiger partial charge in [-0.3, -0.25) is 4.79 Å². The second-order valence-corrected chi connectivity index (χ2v) is 9.45. The number of methoxy groups -OCH3 is 1. The third kappa shape index (κ3) is 3.51. The Morgan fingerprint density at radius 3 is 2.50 bits per heavy atom. The van der Waals surface area contributed by atoms with Gasteiger partial charge in [-0.05, 0) is 48.0 Å². The number of para-hydroxylation sites is 2. The first-order valence-corrected chi connectivity index (χ1v) is 11.8. The van der Waals surface area contributed by atoms with Gasteiger partial charge in [0.2, 0.25) is 0 Å². The number of ether oxygens (including phenoxy) is 1. The summed E-state index contributed by atoms with van der Waals surface area (Å²) >= 11 is 1.29. The van der Waals surface area contributed by atoms with Gasteiger partial charge in [-0.25, -0.2) is 9.38 Å². The molecule has 0 spiro atoms. The Balaban J connectivity index is 1.54. The fraction of sp³-hybridized carbons (Fsp3) is 0.0435. The molecule has 3 aromatic carbocycles. The lowest BCUT2D eigenvalue weighted by molar-refractivity contribution is 0.390. The number of aromatic nitrogens is 2. The van der Waals surface area contributed by atoms with Crippen LogP contribution in [0.2, 0.25) is 0 Å². The summed E-state index contributed by atoms with van der Waals surface area (Å²) in [5.74, 6) is 0.292. The van der Waals surface area contributed by atoms with Gasteiger partial charge in [0.1, 0.15) is 4.90 Å². The smallest absolute Gasteiger partial charge is 0.339 e. The third-order valence-corrected chi connectivity index (χ3v) is 7.08. The summed E-state index contributed by atoms with van der Waals surface area (Å²) in [5, 5.41) is 0. The number of thiazole rings is 1. The standard InChI is InChI=1S/C23H16N2O5S2/c1-29-20-13-15(11-12-19(20)30-32(27,28)16-7-3-2-4-8-16)14-21-22(26)25-18-10-6-5-9-17(18)24-23(25)31-21/h2-14H,1H3/b21-14+. The van der Waals surface area contributed by atoms with Crippen LogP contribution in [0.5, 0.6) is 11.5 Å². The van der Waals surface area contributed by atoms with Crippen molar-refractivity contribution in [1.29, 1.82) is 0 Å². The fourth-order valence-electron chi connectivity index (χ4n) is 3.36. The molecule has 0 amide bonds. The number of hydrogen-bond donors (Lipinski definition) is 0. The molecule has 9 heteroatoms. The van der Waals surface area contributed by atoms with Gasteiger partial charge in [-0.2, -0.15) is 8.42 Å². The summed E-state index contributed by atoms with van der Waals surface area (Å²) in [6.07, 6.45) is 1.72. The van der Waals surface area contributed by atoms with Crippen molar-refractivity contribution in [3.63, 3.8) is 0 Å². The molecule has 0 N–H and O–H groups in total. The molecule has 0 aliphatic rings. The summed E-state index contributed by atoms with van der Waals surface area (Å²) < 4.78 is 37.8. The molecular weight excluding hydrogens is 448 g/mol. The van der Waals surface area contributed by atoms with Crippen LogP contribution in [0.1, 0.15) is 5.56 Å². The second-order valence-electron chi connectivity index (χ2n) is 6.90. The molecule has 2 heterocycles. The van der Waals surface area contributed by atoms with Crippen molar-refractivity contribution >= 4 is 43.5 Å². The molecule has 0 bridgehead atoms. The monoisotopic (exact) mass is 464 g/mol. The van der Waals surface area contributed by atoms with E-state index in [2.05, 4.69) is 4.98 Å². The van der Waals surface area contributed by atoms with Gasteiger partial charge >= 0.3 is 10.1 Å². The molecule has 0 saturated heterocycles. The number of hydrogen-bond acceptors (Lipinski definition) is 7. The van der Waals surface area contributed by atoms with Gasteiger partial charge in [0.25, 0.3) is 5.56 Å². The minimum absolute atomic E-state index is 0.0443. The molecule has 0 fully saturated rings. The lowest BCUT2D eigenvalue weighted by atomic mass is 10.2. The van der Waals surface area contributed by atoms with Crippen molar-refractivity contribution in [1.82, 2.24) is 9.38 Å². The molecule has 5 rings (SSSR count). The van der Waals surface area contributed by atoms with E-state index >= 15 is 0 Å². The average Bonchev–Trinajstić information content (AvgIpc) is 3.31. The first-order valence-electron chi connectivity index (χ1n) is 9.55. The molecule has 0 saturated carbocycles. The van der Waals surface area contributed by atoms with E-state index in [0.29, 0.717) is 15.1 Å². The lowest BCUT2D eigenvalue weighted by Crippen LogP contribution is -2.22. The van der Waals surface area contributed by atoms with Crippen LogP contribution in [-0.2, 0) is 10.1 Å². The molecule has 0 aliphatic heterocycles. The molecule has 0 radical (unpaired) electrons. The summed E-state index contributed by atoms with van der Waals surface area (Å²) in [7, 11) is -2.58. The van der Waals surface area contributed by atoms with E-state index in [1.165, 1.54) is 36.6 Å². The number of rotatable bonds is 5. The zero-order valence-corrected chi connectivity index (χ0v) is 18.4. The van der Waals surface area contributed by atoms with Crippen molar-refractivity contribution in [3.8, 4) is 11.5 Å². The lowest BCUT2D eigenvalue weighted by Gasteiger charge is -2.11. The molecule has 5 aromatic rings. The van der Waals surface area contributed by atoms with Crippen LogP contribution in [0.25, 0.3) is 22.1 Å². The predicted octanol–water partition coefficient (Wildman–Crippen LogP) is 3.23. The van der Waals surface area contributed by atoms with Crippen molar-refractivity contribution in [2.75, 3.05) is 7.11 Å². The van der Waals surface area contributed by atoms with Crippen LogP contribution < -0.4 is 19.0 Å². The Morgan fingerprint density at radius 2 is 1.72 bits per heavy atom. The maximum absolute atomic E-state index is 12.9. The summed E-state index contributed by atoms with van der Waals surface area (Å²) in [6, 6.07) is 20.1. The van der Waals surface area contributed by atoms with Gasteiger partial charge in [0.05, 0.1) is 22.7 Å². The van der Waals surface area contributed by atoms with Crippen LogP contribution in [-0.4, -0.2) is 24.9 Å². The minimum atomic E-state index is -4.00. The minimum Gasteiger partial charge on any atom is -0.493 e. The first kappa shape index (κ1) is 20.2. The number of benzene rings is 3. The highest BCUT2D eigenvalue weighted by Gasteiger charge is 2.19. The van der Waals surface area contributed by atoms with Crippen LogP contribution in [0, 0.1) is 0 Å². The highest BCUT2D eigenvalue weighted by Crippen LogP contribution is 2.31. The SMILES string of the molecule is COc1cc(/C=c2/sc3nc4ccccc4n3c2=O)ccc1OS(=O)(=O)c1ccccc1. The largest absolute Gasteiger partial charge is 0.493 e. The summed E-state index contributed by atoms with van der Waals surface area (Å²) in [5.41, 5.74) is 2.03. The molecule has 2 aromatic heterocycles. The first-order chi connectivity index (χ1) is 15.5. The fourth-order valence-corrected chi connectivity index (χ4v) is 5.31. The number of nitrogens with zero attached hydrogens (tertiary/aromatic N) is 2. The molecule has 32 heavy (non-hydrogen) atoms. The zero-order valence-electron chi connectivity index (χ0n) is 16.8. The van der Waals surface area contributed by atoms with Crippen LogP contribution in [0.4, 0.5) is 0 Å². The number of imidazole rings is 1. The van der Waals surface area contributed by atoms with E-state index in [0.717, 1.165) is 11.0 Å². The second kappa shape index (κ2) is 7.77. The Bertz CT molecular complexity index is 1670. The molecule has 7 nitrogen and oxygen atoms in total. The zero-order chi connectivity index (χ0) is 22.3. The highest BCUT2D eigenvalue weighted by molar-refractivity contribution is 7.87. The average molecular weight is 465 g/mol. The van der Waals surface area contributed by atoms with Crippen molar-refractivity contribution in [3.05, 3.63) is 93.2 Å². The van der Waals surface area contributed by atoms with Gasteiger partial charge in [-0.1, -0.05) is 47.7 Å². The van der Waals surface area contributed by atoms with Gasteiger partial charge in [-0.15, -0.1) is 0 Å². The molecule has 0 unspecified atom stereocenters. The maximum Gasteiger partial charge on any atom is 0.339 e. The van der Waals surface area contributed by atoms with E-state index in [4.69, 9.17) is 8.92 Å². The van der Waals surface area contributed by atoms with Crippen molar-refractivity contribution < 1.29 is 17.3 Å². The molecule has 0 aliphatic carbocycles. The maximum atomic E-state index is 12.9. The van der Waals surface area contributed by atoms with Gasteiger partial charge < -0.3 is 8.92 Å². The Kier molecular flexibility index (Phi) is 4.91. The van der Waals surface area contributed by atoms with Crippen molar-refractivity contribution in [2.45, 2.75) is 4.90 Å². The molecule has 0 atom stereocenters. The predicted molar refractivity (Wildman–Crippen MR) is 123 cm³/mol. The highest BCUT2D eigenvalue weighted by atomic mass is 32.2. The summed E-state index contributed by atoms with van der Waals surface area (Å²) in [4.78, 5) is 18.1. The normalized spacial score (nSPS) is 12.5. The quantitative estimate of drug-likeness (QED) is 0.371. The Labute approximate surface area is 186 Å². The van der Waals surface area contributed by atoms with E-state index in [1.807, 2.05) is 24.3 Å². The van der Waals surface area contributed by atoms with Crippen molar-refractivity contribution in [2.24, 2.45) is 0 Å². The van der Waals surface area contributed by atoms with E-state index in [9.17, 15) is 13.2 Å². The molecular formula is C23H16N2O5S2. The number of fused-ring (bicyclic) bond motifs is 3. The van der Waals surface area contributed by atoms with Crippen LogP contribution in [0.3, 0.4) is 0 Å². The van der Waals surface area contributed by atoms with E-state index < -0.39 is 10.1 Å². The summed E-state index contributed by atoms with van der Waals surface area (Å²) in [6.45, 7) is 0.